The molecule has 0 amide bonds. The highest BCUT2D eigenvalue weighted by atomic mass is 32.2. The fraction of sp³-hybridized carbons (Fsp3) is 0.182. The van der Waals surface area contributed by atoms with Gasteiger partial charge in [0.1, 0.15) is 0 Å². The van der Waals surface area contributed by atoms with Gasteiger partial charge in [-0.1, -0.05) is 48.2 Å². The monoisotopic (exact) mass is 192 g/mol. The molecule has 1 aromatic rings. The molecule has 68 valence electrons. The van der Waals surface area contributed by atoms with Gasteiger partial charge in [0.25, 0.3) is 0 Å². The predicted molar refractivity (Wildman–Crippen MR) is 57.6 cm³/mol. The van der Waals surface area contributed by atoms with Crippen molar-refractivity contribution in [3.63, 3.8) is 0 Å². The predicted octanol–water partition coefficient (Wildman–Crippen LogP) is 3.02. The van der Waals surface area contributed by atoms with Gasteiger partial charge >= 0.3 is 0 Å². The van der Waals surface area contributed by atoms with Crippen LogP contribution in [0.5, 0.6) is 0 Å². The van der Waals surface area contributed by atoms with Crippen molar-refractivity contribution in [3.05, 3.63) is 48.6 Å². The molecule has 0 aliphatic rings. The van der Waals surface area contributed by atoms with E-state index in [2.05, 4.69) is 6.58 Å². The highest BCUT2D eigenvalue weighted by Crippen LogP contribution is 2.13. The number of hydrogen-bond donors (Lipinski definition) is 0. The second-order valence-electron chi connectivity index (χ2n) is 2.64. The molecule has 0 radical (unpaired) electrons. The van der Waals surface area contributed by atoms with Gasteiger partial charge in [-0.15, -0.1) is 6.58 Å². The molecule has 0 aliphatic heterocycles. The number of allylic oxidation sites excluding steroid dienone is 1. The Balaban J connectivity index is 2.35. The first-order valence-electron chi connectivity index (χ1n) is 4.13. The summed E-state index contributed by atoms with van der Waals surface area (Å²) in [5.74, 6) is 0.757. The maximum Gasteiger partial charge on any atom is 0.193 e. The second-order valence-corrected chi connectivity index (χ2v) is 3.67. The van der Waals surface area contributed by atoms with Gasteiger partial charge in [0, 0.05) is 12.2 Å². The van der Waals surface area contributed by atoms with E-state index in [-0.39, 0.29) is 5.12 Å². The topological polar surface area (TPSA) is 17.1 Å². The smallest absolute Gasteiger partial charge is 0.193 e. The molecule has 1 nitrogen and oxygen atoms in total. The van der Waals surface area contributed by atoms with Crippen LogP contribution in [0.1, 0.15) is 12.0 Å². The van der Waals surface area contributed by atoms with Crippen LogP contribution in [-0.4, -0.2) is 5.12 Å². The van der Waals surface area contributed by atoms with Crippen LogP contribution in [-0.2, 0) is 10.5 Å². The summed E-state index contributed by atoms with van der Waals surface area (Å²) in [4.78, 5) is 11.1. The Kier molecular flexibility index (Phi) is 4.33. The number of carbonyl (C=O) groups is 1. The van der Waals surface area contributed by atoms with Crippen LogP contribution in [0.2, 0.25) is 0 Å². The van der Waals surface area contributed by atoms with Gasteiger partial charge in [-0.2, -0.15) is 0 Å². The van der Waals surface area contributed by atoms with Crippen molar-refractivity contribution in [2.75, 3.05) is 0 Å². The van der Waals surface area contributed by atoms with Gasteiger partial charge in [0.05, 0.1) is 0 Å². The van der Waals surface area contributed by atoms with Gasteiger partial charge in [-0.05, 0) is 5.56 Å². The van der Waals surface area contributed by atoms with E-state index in [0.29, 0.717) is 6.42 Å². The molecule has 0 spiro atoms. The molecule has 0 aromatic heterocycles. The van der Waals surface area contributed by atoms with Crippen LogP contribution in [0.25, 0.3) is 0 Å². The van der Waals surface area contributed by atoms with Crippen molar-refractivity contribution >= 4 is 16.9 Å². The summed E-state index contributed by atoms with van der Waals surface area (Å²) in [5.41, 5.74) is 1.19. The zero-order valence-electron chi connectivity index (χ0n) is 7.40. The quantitative estimate of drug-likeness (QED) is 0.682. The van der Waals surface area contributed by atoms with E-state index < -0.39 is 0 Å². The van der Waals surface area contributed by atoms with E-state index in [1.54, 1.807) is 6.08 Å². The summed E-state index contributed by atoms with van der Waals surface area (Å²) < 4.78 is 0. The molecule has 0 N–H and O–H groups in total. The normalized spacial score (nSPS) is 9.54. The van der Waals surface area contributed by atoms with E-state index in [4.69, 9.17) is 0 Å². The SMILES string of the molecule is C=CCC(=O)SCc1ccccc1. The van der Waals surface area contributed by atoms with Crippen molar-refractivity contribution in [1.29, 1.82) is 0 Å². The highest BCUT2D eigenvalue weighted by molar-refractivity contribution is 8.12. The van der Waals surface area contributed by atoms with Gasteiger partial charge < -0.3 is 0 Å². The van der Waals surface area contributed by atoms with Gasteiger partial charge in [-0.3, -0.25) is 4.79 Å². The molecule has 0 atom stereocenters. The first kappa shape index (κ1) is 10.1. The number of benzene rings is 1. The molecule has 0 saturated carbocycles. The fourth-order valence-corrected chi connectivity index (χ4v) is 1.67. The van der Waals surface area contributed by atoms with Crippen LogP contribution < -0.4 is 0 Å². The third-order valence-corrected chi connectivity index (χ3v) is 2.52. The first-order valence-corrected chi connectivity index (χ1v) is 5.12. The molecular formula is C11H12OS. The largest absolute Gasteiger partial charge is 0.287 e. The number of rotatable bonds is 4. The van der Waals surface area contributed by atoms with E-state index in [0.717, 1.165) is 5.75 Å². The average Bonchev–Trinajstić information content (AvgIpc) is 2.17. The zero-order valence-corrected chi connectivity index (χ0v) is 8.22. The van der Waals surface area contributed by atoms with Crippen molar-refractivity contribution in [3.8, 4) is 0 Å². The van der Waals surface area contributed by atoms with E-state index in [1.165, 1.54) is 17.3 Å². The Bertz CT molecular complexity index is 279. The first-order chi connectivity index (χ1) is 6.33. The lowest BCUT2D eigenvalue weighted by Gasteiger charge is -1.98. The van der Waals surface area contributed by atoms with Crippen LogP contribution in [0.3, 0.4) is 0 Å². The van der Waals surface area contributed by atoms with Crippen molar-refractivity contribution in [2.24, 2.45) is 0 Å². The molecule has 0 saturated heterocycles. The Hall–Kier alpha value is -1.02. The van der Waals surface area contributed by atoms with Crippen LogP contribution in [0.15, 0.2) is 43.0 Å². The van der Waals surface area contributed by atoms with Crippen molar-refractivity contribution < 1.29 is 4.79 Å². The minimum atomic E-state index is 0.179. The summed E-state index contributed by atoms with van der Waals surface area (Å²) in [6, 6.07) is 9.98. The Morgan fingerprint density at radius 3 is 2.69 bits per heavy atom. The van der Waals surface area contributed by atoms with Crippen molar-refractivity contribution in [2.45, 2.75) is 12.2 Å². The summed E-state index contributed by atoms with van der Waals surface area (Å²) in [7, 11) is 0. The molecule has 0 bridgehead atoms. The molecule has 13 heavy (non-hydrogen) atoms. The third-order valence-electron chi connectivity index (χ3n) is 1.55. The minimum absolute atomic E-state index is 0.179. The molecule has 0 unspecified atom stereocenters. The Morgan fingerprint density at radius 1 is 1.38 bits per heavy atom. The van der Waals surface area contributed by atoms with E-state index in [1.807, 2.05) is 30.3 Å². The fourth-order valence-electron chi connectivity index (χ4n) is 0.915. The number of thioether (sulfide) groups is 1. The maximum absolute atomic E-state index is 11.1. The molecule has 1 rings (SSSR count). The zero-order chi connectivity index (χ0) is 9.52. The molecule has 0 fully saturated rings. The molecular weight excluding hydrogens is 180 g/mol. The van der Waals surface area contributed by atoms with Crippen LogP contribution in [0, 0.1) is 0 Å². The van der Waals surface area contributed by atoms with E-state index in [9.17, 15) is 4.79 Å². The molecule has 0 aliphatic carbocycles. The summed E-state index contributed by atoms with van der Waals surface area (Å²) >= 11 is 1.34. The number of carbonyl (C=O) groups excluding carboxylic acids is 1. The van der Waals surface area contributed by atoms with Gasteiger partial charge in [-0.25, -0.2) is 0 Å². The molecule has 1 aromatic carbocycles. The molecule has 2 heteroatoms. The second kappa shape index (κ2) is 5.60. The van der Waals surface area contributed by atoms with Crippen LogP contribution >= 0.6 is 11.8 Å². The third kappa shape index (κ3) is 3.95. The van der Waals surface area contributed by atoms with Gasteiger partial charge in [0.15, 0.2) is 5.12 Å². The van der Waals surface area contributed by atoms with Crippen LogP contribution in [0.4, 0.5) is 0 Å². The number of hydrogen-bond acceptors (Lipinski definition) is 2. The van der Waals surface area contributed by atoms with Gasteiger partial charge in [0.2, 0.25) is 0 Å². The minimum Gasteiger partial charge on any atom is -0.287 e. The summed E-state index contributed by atoms with van der Waals surface area (Å²) in [5, 5.41) is 0.179. The highest BCUT2D eigenvalue weighted by Gasteiger charge is 1.99. The lowest BCUT2D eigenvalue weighted by atomic mass is 10.2. The summed E-state index contributed by atoms with van der Waals surface area (Å²) in [6.45, 7) is 3.52. The van der Waals surface area contributed by atoms with E-state index >= 15 is 0 Å². The van der Waals surface area contributed by atoms with Crippen molar-refractivity contribution in [1.82, 2.24) is 0 Å². The Morgan fingerprint density at radius 2 is 2.08 bits per heavy atom. The summed E-state index contributed by atoms with van der Waals surface area (Å²) in [6.07, 6.45) is 2.10. The Labute approximate surface area is 82.9 Å². The standard InChI is InChI=1S/C11H12OS/c1-2-6-11(12)13-9-10-7-4-3-5-8-10/h2-5,7-8H,1,6,9H2. The lowest BCUT2D eigenvalue weighted by Crippen LogP contribution is -1.89. The molecule has 0 heterocycles. The average molecular weight is 192 g/mol. The maximum atomic E-state index is 11.1. The lowest BCUT2D eigenvalue weighted by molar-refractivity contribution is -0.110.